The van der Waals surface area contributed by atoms with E-state index >= 15 is 0 Å². The first-order valence-corrected chi connectivity index (χ1v) is 6.36. The van der Waals surface area contributed by atoms with E-state index in [4.69, 9.17) is 5.11 Å². The fourth-order valence-corrected chi connectivity index (χ4v) is 2.22. The first-order valence-electron chi connectivity index (χ1n) is 6.36. The molecule has 1 aliphatic carbocycles. The molecule has 0 saturated heterocycles. The Bertz CT molecular complexity index is 544. The van der Waals surface area contributed by atoms with Gasteiger partial charge in [0.25, 0.3) is 0 Å². The average molecular weight is 259 g/mol. The number of nitrogens with zero attached hydrogens (tertiary/aromatic N) is 3. The summed E-state index contributed by atoms with van der Waals surface area (Å²) in [5.41, 5.74) is 2.63. The second kappa shape index (κ2) is 5.27. The van der Waals surface area contributed by atoms with E-state index in [9.17, 15) is 10.1 Å². The van der Waals surface area contributed by atoms with Crippen LogP contribution in [0.4, 0.5) is 5.69 Å². The van der Waals surface area contributed by atoms with Crippen molar-refractivity contribution in [1.29, 1.82) is 5.26 Å². The molecule has 1 fully saturated rings. The molecule has 0 atom stereocenters. The SMILES string of the molecule is Cc1cc(N(CC(=O)O)CC2CC2)c(C#N)c(C)n1. The zero-order valence-corrected chi connectivity index (χ0v) is 11.2. The Hall–Kier alpha value is -2.09. The molecule has 0 bridgehead atoms. The van der Waals surface area contributed by atoms with Gasteiger partial charge in [0.2, 0.25) is 0 Å². The quantitative estimate of drug-likeness (QED) is 0.873. The van der Waals surface area contributed by atoms with E-state index in [1.165, 1.54) is 0 Å². The maximum absolute atomic E-state index is 11.0. The lowest BCUT2D eigenvalue weighted by molar-refractivity contribution is -0.135. The minimum atomic E-state index is -0.878. The van der Waals surface area contributed by atoms with E-state index in [0.717, 1.165) is 18.5 Å². The molecule has 1 heterocycles. The monoisotopic (exact) mass is 259 g/mol. The van der Waals surface area contributed by atoms with Crippen molar-refractivity contribution in [2.75, 3.05) is 18.0 Å². The van der Waals surface area contributed by atoms with Crippen LogP contribution in [0.25, 0.3) is 0 Å². The maximum atomic E-state index is 11.0. The Morgan fingerprint density at radius 1 is 1.58 bits per heavy atom. The van der Waals surface area contributed by atoms with Crippen molar-refractivity contribution in [2.24, 2.45) is 5.92 Å². The summed E-state index contributed by atoms with van der Waals surface area (Å²) in [7, 11) is 0. The molecule has 0 unspecified atom stereocenters. The number of carbonyl (C=O) groups is 1. The highest BCUT2D eigenvalue weighted by atomic mass is 16.4. The van der Waals surface area contributed by atoms with E-state index in [-0.39, 0.29) is 6.54 Å². The van der Waals surface area contributed by atoms with Crippen LogP contribution in [0.3, 0.4) is 0 Å². The van der Waals surface area contributed by atoms with Crippen molar-refractivity contribution < 1.29 is 9.90 Å². The summed E-state index contributed by atoms with van der Waals surface area (Å²) in [6.07, 6.45) is 2.28. The molecule has 1 aromatic rings. The lowest BCUT2D eigenvalue weighted by atomic mass is 10.1. The third kappa shape index (κ3) is 3.22. The van der Waals surface area contributed by atoms with Crippen molar-refractivity contribution in [2.45, 2.75) is 26.7 Å². The topological polar surface area (TPSA) is 77.2 Å². The van der Waals surface area contributed by atoms with Gasteiger partial charge in [0, 0.05) is 12.2 Å². The number of nitriles is 1. The molecule has 5 nitrogen and oxygen atoms in total. The highest BCUT2D eigenvalue weighted by molar-refractivity contribution is 5.75. The zero-order valence-electron chi connectivity index (χ0n) is 11.2. The molecule has 2 rings (SSSR count). The number of pyridine rings is 1. The van der Waals surface area contributed by atoms with Gasteiger partial charge >= 0.3 is 5.97 Å². The summed E-state index contributed by atoms with van der Waals surface area (Å²) in [6.45, 7) is 4.26. The Morgan fingerprint density at radius 2 is 2.26 bits per heavy atom. The summed E-state index contributed by atoms with van der Waals surface area (Å²) >= 11 is 0. The molecule has 19 heavy (non-hydrogen) atoms. The summed E-state index contributed by atoms with van der Waals surface area (Å²) in [4.78, 5) is 17.1. The fourth-order valence-electron chi connectivity index (χ4n) is 2.22. The summed E-state index contributed by atoms with van der Waals surface area (Å²) in [5, 5.41) is 18.3. The van der Waals surface area contributed by atoms with Crippen LogP contribution in [-0.2, 0) is 4.79 Å². The number of anilines is 1. The number of rotatable bonds is 5. The molecule has 5 heteroatoms. The maximum Gasteiger partial charge on any atom is 0.323 e. The normalized spacial score (nSPS) is 13.9. The van der Waals surface area contributed by atoms with E-state index in [2.05, 4.69) is 11.1 Å². The van der Waals surface area contributed by atoms with Gasteiger partial charge in [0.05, 0.1) is 16.9 Å². The van der Waals surface area contributed by atoms with Gasteiger partial charge in [0.15, 0.2) is 0 Å². The van der Waals surface area contributed by atoms with Crippen LogP contribution < -0.4 is 4.90 Å². The molecule has 0 aliphatic heterocycles. The van der Waals surface area contributed by atoms with Gasteiger partial charge in [-0.3, -0.25) is 9.78 Å². The molecule has 0 radical (unpaired) electrons. The zero-order chi connectivity index (χ0) is 14.0. The molecule has 0 amide bonds. The van der Waals surface area contributed by atoms with Gasteiger partial charge < -0.3 is 10.0 Å². The predicted molar refractivity (Wildman–Crippen MR) is 71.0 cm³/mol. The van der Waals surface area contributed by atoms with Crippen molar-refractivity contribution in [1.82, 2.24) is 4.98 Å². The largest absolute Gasteiger partial charge is 0.480 e. The van der Waals surface area contributed by atoms with E-state index < -0.39 is 5.97 Å². The van der Waals surface area contributed by atoms with Crippen LogP contribution in [0.5, 0.6) is 0 Å². The van der Waals surface area contributed by atoms with Gasteiger partial charge in [-0.05, 0) is 38.7 Å². The van der Waals surface area contributed by atoms with Gasteiger partial charge in [-0.25, -0.2) is 0 Å². The number of hydrogen-bond donors (Lipinski definition) is 1. The molecule has 0 spiro atoms. The lowest BCUT2D eigenvalue weighted by Gasteiger charge is -2.24. The second-order valence-corrected chi connectivity index (χ2v) is 5.07. The summed E-state index contributed by atoms with van der Waals surface area (Å²) < 4.78 is 0. The van der Waals surface area contributed by atoms with Crippen molar-refractivity contribution in [3.05, 3.63) is 23.0 Å². The number of aliphatic carboxylic acids is 1. The molecular weight excluding hydrogens is 242 g/mol. The highest BCUT2D eigenvalue weighted by Gasteiger charge is 2.27. The Labute approximate surface area is 112 Å². The molecule has 1 aromatic heterocycles. The summed E-state index contributed by atoms with van der Waals surface area (Å²) in [6, 6.07) is 3.94. The van der Waals surface area contributed by atoms with Gasteiger partial charge in [-0.15, -0.1) is 0 Å². The second-order valence-electron chi connectivity index (χ2n) is 5.07. The van der Waals surface area contributed by atoms with Crippen molar-refractivity contribution in [3.63, 3.8) is 0 Å². The molecule has 1 aliphatic rings. The number of aryl methyl sites for hydroxylation is 2. The first-order chi connectivity index (χ1) is 9.01. The predicted octanol–water partition coefficient (Wildman–Crippen LogP) is 1.87. The van der Waals surface area contributed by atoms with Crippen LogP contribution in [-0.4, -0.2) is 29.1 Å². The van der Waals surface area contributed by atoms with Gasteiger partial charge in [-0.2, -0.15) is 5.26 Å². The smallest absolute Gasteiger partial charge is 0.323 e. The number of carboxylic acids is 1. The average Bonchev–Trinajstić information content (AvgIpc) is 3.10. The number of hydrogen-bond acceptors (Lipinski definition) is 4. The van der Waals surface area contributed by atoms with Crippen LogP contribution in [0.1, 0.15) is 29.8 Å². The Kier molecular flexibility index (Phi) is 3.70. The molecule has 0 aromatic carbocycles. The van der Waals surface area contributed by atoms with Gasteiger partial charge in [-0.1, -0.05) is 0 Å². The van der Waals surface area contributed by atoms with Crippen LogP contribution in [0.2, 0.25) is 0 Å². The fraction of sp³-hybridized carbons (Fsp3) is 0.500. The minimum Gasteiger partial charge on any atom is -0.480 e. The number of carboxylic acid groups (broad SMARTS) is 1. The Morgan fingerprint density at radius 3 is 2.79 bits per heavy atom. The lowest BCUT2D eigenvalue weighted by Crippen LogP contribution is -2.32. The van der Waals surface area contributed by atoms with E-state index in [1.807, 2.05) is 6.92 Å². The van der Waals surface area contributed by atoms with Crippen LogP contribution in [0.15, 0.2) is 6.07 Å². The number of aromatic nitrogens is 1. The molecule has 100 valence electrons. The molecular formula is C14H17N3O2. The highest BCUT2D eigenvalue weighted by Crippen LogP contribution is 2.33. The van der Waals surface area contributed by atoms with E-state index in [1.54, 1.807) is 17.9 Å². The first kappa shape index (κ1) is 13.3. The third-order valence-electron chi connectivity index (χ3n) is 3.26. The minimum absolute atomic E-state index is 0.0753. The van der Waals surface area contributed by atoms with Crippen molar-refractivity contribution >= 4 is 11.7 Å². The Balaban J connectivity index is 2.38. The van der Waals surface area contributed by atoms with Crippen molar-refractivity contribution in [3.8, 4) is 6.07 Å². The molecule has 1 saturated carbocycles. The summed E-state index contributed by atoms with van der Waals surface area (Å²) in [5.74, 6) is -0.323. The third-order valence-corrected chi connectivity index (χ3v) is 3.26. The van der Waals surface area contributed by atoms with Crippen LogP contribution in [0, 0.1) is 31.1 Å². The molecule has 1 N–H and O–H groups in total. The van der Waals surface area contributed by atoms with Crippen LogP contribution >= 0.6 is 0 Å². The van der Waals surface area contributed by atoms with Gasteiger partial charge in [0.1, 0.15) is 12.6 Å². The van der Waals surface area contributed by atoms with E-state index in [0.29, 0.717) is 29.4 Å². The standard InChI is InChI=1S/C14H17N3O2/c1-9-5-13(12(6-15)10(2)16-9)17(8-14(18)19)7-11-3-4-11/h5,11H,3-4,7-8H2,1-2H3,(H,18,19).